The van der Waals surface area contributed by atoms with Crippen molar-refractivity contribution in [2.75, 3.05) is 0 Å². The van der Waals surface area contributed by atoms with Crippen molar-refractivity contribution in [3.05, 3.63) is 84.3 Å². The Labute approximate surface area is 135 Å². The monoisotopic (exact) mass is 302 g/mol. The fourth-order valence-electron chi connectivity index (χ4n) is 2.55. The summed E-state index contributed by atoms with van der Waals surface area (Å²) in [5.74, 6) is 0. The maximum Gasteiger partial charge on any atom is 0.0652 e. The first kappa shape index (κ1) is 14.9. The van der Waals surface area contributed by atoms with Crippen LogP contribution in [0, 0.1) is 5.53 Å². The van der Waals surface area contributed by atoms with Crippen molar-refractivity contribution in [1.82, 2.24) is 9.78 Å². The lowest BCUT2D eigenvalue weighted by Gasteiger charge is -2.04. The van der Waals surface area contributed by atoms with E-state index >= 15 is 0 Å². The SMILES string of the molecule is C=C/C(Cc1cnn(-c2ccc3ccccc3c2)c1)=C(\C)N=N. The summed E-state index contributed by atoms with van der Waals surface area (Å²) in [5.41, 5.74) is 10.8. The van der Waals surface area contributed by atoms with Gasteiger partial charge in [0.2, 0.25) is 0 Å². The van der Waals surface area contributed by atoms with Crippen molar-refractivity contribution < 1.29 is 0 Å². The van der Waals surface area contributed by atoms with Crippen molar-refractivity contribution in [3.8, 4) is 5.69 Å². The maximum absolute atomic E-state index is 7.12. The third-order valence-corrected chi connectivity index (χ3v) is 3.91. The minimum absolute atomic E-state index is 0.672. The molecule has 23 heavy (non-hydrogen) atoms. The van der Waals surface area contributed by atoms with Gasteiger partial charge >= 0.3 is 0 Å². The molecule has 0 aliphatic heterocycles. The Kier molecular flexibility index (Phi) is 4.15. The van der Waals surface area contributed by atoms with Crippen molar-refractivity contribution in [3.63, 3.8) is 0 Å². The zero-order valence-electron chi connectivity index (χ0n) is 13.0. The van der Waals surface area contributed by atoms with Crippen LogP contribution in [0.2, 0.25) is 0 Å². The molecular weight excluding hydrogens is 284 g/mol. The number of nitrogens with zero attached hydrogens (tertiary/aromatic N) is 3. The van der Waals surface area contributed by atoms with Gasteiger partial charge in [0.15, 0.2) is 0 Å². The highest BCUT2D eigenvalue weighted by molar-refractivity contribution is 5.84. The summed E-state index contributed by atoms with van der Waals surface area (Å²) in [6.45, 7) is 5.61. The number of hydrogen-bond donors (Lipinski definition) is 1. The van der Waals surface area contributed by atoms with Gasteiger partial charge in [-0.2, -0.15) is 10.2 Å². The molecule has 1 N–H and O–H groups in total. The summed E-state index contributed by atoms with van der Waals surface area (Å²) in [6, 6.07) is 14.6. The van der Waals surface area contributed by atoms with Crippen LogP contribution in [-0.4, -0.2) is 9.78 Å². The Hall–Kier alpha value is -3.01. The van der Waals surface area contributed by atoms with Gasteiger partial charge in [-0.05, 0) is 41.0 Å². The molecule has 0 spiro atoms. The standard InChI is InChI=1S/C19H18N4/c1-3-16(14(2)22-20)10-15-12-21-23(13-15)19-9-8-17-6-4-5-7-18(17)11-19/h3-9,11-13,20H,1,10H2,2H3/b16-14-,22-20?. The van der Waals surface area contributed by atoms with Gasteiger partial charge in [-0.1, -0.05) is 43.0 Å². The van der Waals surface area contributed by atoms with E-state index in [0.29, 0.717) is 12.1 Å². The van der Waals surface area contributed by atoms with Gasteiger partial charge < -0.3 is 0 Å². The molecule has 0 unspecified atom stereocenters. The quantitative estimate of drug-likeness (QED) is 0.520. The van der Waals surface area contributed by atoms with Crippen LogP contribution in [0.15, 0.2) is 83.9 Å². The Bertz CT molecular complexity index is 902. The van der Waals surface area contributed by atoms with Crippen molar-refractivity contribution in [1.29, 1.82) is 5.53 Å². The van der Waals surface area contributed by atoms with Crippen LogP contribution in [0.3, 0.4) is 0 Å². The van der Waals surface area contributed by atoms with Crippen LogP contribution in [0.5, 0.6) is 0 Å². The number of nitrogens with one attached hydrogen (secondary N) is 1. The lowest BCUT2D eigenvalue weighted by molar-refractivity contribution is 0.881. The molecule has 0 saturated carbocycles. The predicted octanol–water partition coefficient (Wildman–Crippen LogP) is 5.06. The molecule has 2 aromatic carbocycles. The number of fused-ring (bicyclic) bond motifs is 1. The molecule has 0 saturated heterocycles. The Morgan fingerprint density at radius 2 is 2.04 bits per heavy atom. The zero-order chi connectivity index (χ0) is 16.2. The normalized spacial score (nSPS) is 12.0. The van der Waals surface area contributed by atoms with Gasteiger partial charge in [-0.25, -0.2) is 10.2 Å². The summed E-state index contributed by atoms with van der Waals surface area (Å²) >= 11 is 0. The molecular formula is C19H18N4. The molecule has 4 nitrogen and oxygen atoms in total. The number of rotatable bonds is 5. The van der Waals surface area contributed by atoms with E-state index in [4.69, 9.17) is 5.53 Å². The lowest BCUT2D eigenvalue weighted by Crippen LogP contribution is -1.94. The van der Waals surface area contributed by atoms with E-state index in [0.717, 1.165) is 16.8 Å². The highest BCUT2D eigenvalue weighted by atomic mass is 15.3. The largest absolute Gasteiger partial charge is 0.241 e. The summed E-state index contributed by atoms with van der Waals surface area (Å²) in [4.78, 5) is 0. The molecule has 0 bridgehead atoms. The molecule has 114 valence electrons. The van der Waals surface area contributed by atoms with Crippen LogP contribution in [-0.2, 0) is 6.42 Å². The minimum atomic E-state index is 0.672. The first-order valence-electron chi connectivity index (χ1n) is 7.43. The average Bonchev–Trinajstić information content (AvgIpc) is 3.07. The van der Waals surface area contributed by atoms with Crippen LogP contribution in [0.4, 0.5) is 0 Å². The van der Waals surface area contributed by atoms with Crippen LogP contribution in [0.25, 0.3) is 16.5 Å². The van der Waals surface area contributed by atoms with Crippen molar-refractivity contribution >= 4 is 10.8 Å². The third-order valence-electron chi connectivity index (χ3n) is 3.91. The molecule has 0 radical (unpaired) electrons. The molecule has 4 heteroatoms. The summed E-state index contributed by atoms with van der Waals surface area (Å²) in [6.07, 6.45) is 6.27. The fraction of sp³-hybridized carbons (Fsp3) is 0.105. The molecule has 0 aliphatic carbocycles. The Morgan fingerprint density at radius 3 is 2.78 bits per heavy atom. The first-order chi connectivity index (χ1) is 11.2. The second-order valence-corrected chi connectivity index (χ2v) is 5.43. The first-order valence-corrected chi connectivity index (χ1v) is 7.43. The lowest BCUT2D eigenvalue weighted by atomic mass is 10.1. The zero-order valence-corrected chi connectivity index (χ0v) is 13.0. The summed E-state index contributed by atoms with van der Waals surface area (Å²) in [5, 5.41) is 10.3. The van der Waals surface area contributed by atoms with E-state index in [2.05, 4.69) is 47.1 Å². The predicted molar refractivity (Wildman–Crippen MR) is 92.8 cm³/mol. The Morgan fingerprint density at radius 1 is 1.26 bits per heavy atom. The summed E-state index contributed by atoms with van der Waals surface area (Å²) < 4.78 is 1.87. The fourth-order valence-corrected chi connectivity index (χ4v) is 2.55. The number of hydrogen-bond acceptors (Lipinski definition) is 3. The minimum Gasteiger partial charge on any atom is -0.241 e. The van der Waals surface area contributed by atoms with Gasteiger partial charge in [-0.15, -0.1) is 0 Å². The van der Waals surface area contributed by atoms with Crippen LogP contribution < -0.4 is 0 Å². The van der Waals surface area contributed by atoms with Crippen molar-refractivity contribution in [2.24, 2.45) is 5.11 Å². The number of allylic oxidation sites excluding steroid dienone is 3. The van der Waals surface area contributed by atoms with E-state index in [9.17, 15) is 0 Å². The van der Waals surface area contributed by atoms with E-state index in [1.807, 2.05) is 36.1 Å². The topological polar surface area (TPSA) is 54.0 Å². The number of aromatic nitrogens is 2. The molecule has 1 heterocycles. The molecule has 3 aromatic rings. The van der Waals surface area contributed by atoms with E-state index in [1.54, 1.807) is 6.08 Å². The second kappa shape index (κ2) is 6.40. The average molecular weight is 302 g/mol. The molecule has 0 aliphatic rings. The molecule has 0 atom stereocenters. The smallest absolute Gasteiger partial charge is 0.0652 e. The van der Waals surface area contributed by atoms with E-state index in [1.165, 1.54) is 10.8 Å². The van der Waals surface area contributed by atoms with Gasteiger partial charge in [0.05, 0.1) is 17.6 Å². The number of benzene rings is 2. The molecule has 0 amide bonds. The maximum atomic E-state index is 7.12. The van der Waals surface area contributed by atoms with Crippen LogP contribution >= 0.6 is 0 Å². The van der Waals surface area contributed by atoms with Gasteiger partial charge in [0, 0.05) is 12.6 Å². The van der Waals surface area contributed by atoms with Crippen molar-refractivity contribution in [2.45, 2.75) is 13.3 Å². The molecule has 0 fully saturated rings. The van der Waals surface area contributed by atoms with E-state index < -0.39 is 0 Å². The second-order valence-electron chi connectivity index (χ2n) is 5.43. The van der Waals surface area contributed by atoms with Gasteiger partial charge in [0.25, 0.3) is 0 Å². The third kappa shape index (κ3) is 3.11. The molecule has 1 aromatic heterocycles. The Balaban J connectivity index is 1.91. The van der Waals surface area contributed by atoms with Gasteiger partial charge in [-0.3, -0.25) is 0 Å². The highest BCUT2D eigenvalue weighted by Crippen LogP contribution is 2.19. The van der Waals surface area contributed by atoms with E-state index in [-0.39, 0.29) is 0 Å². The molecule has 3 rings (SSSR count). The van der Waals surface area contributed by atoms with Crippen LogP contribution in [0.1, 0.15) is 12.5 Å². The summed E-state index contributed by atoms with van der Waals surface area (Å²) in [7, 11) is 0. The van der Waals surface area contributed by atoms with Gasteiger partial charge in [0.1, 0.15) is 0 Å². The highest BCUT2D eigenvalue weighted by Gasteiger charge is 2.05.